The van der Waals surface area contributed by atoms with Gasteiger partial charge in [0.05, 0.1) is 35.6 Å². The maximum absolute atomic E-state index is 14.0. The summed E-state index contributed by atoms with van der Waals surface area (Å²) in [6.45, 7) is 0. The van der Waals surface area contributed by atoms with E-state index in [1.165, 1.54) is 30.7 Å². The zero-order valence-electron chi connectivity index (χ0n) is 16.8. The number of benzene rings is 1. The molecular formula is C22H15F4N7. The van der Waals surface area contributed by atoms with E-state index in [2.05, 4.69) is 35.8 Å². The monoisotopic (exact) mass is 453 g/mol. The van der Waals surface area contributed by atoms with Crippen molar-refractivity contribution in [2.45, 2.75) is 6.18 Å². The van der Waals surface area contributed by atoms with E-state index < -0.39 is 17.6 Å². The summed E-state index contributed by atoms with van der Waals surface area (Å²) >= 11 is 0. The third-order valence-corrected chi connectivity index (χ3v) is 4.31. The van der Waals surface area contributed by atoms with Gasteiger partial charge in [-0.05, 0) is 42.5 Å². The van der Waals surface area contributed by atoms with E-state index in [9.17, 15) is 17.6 Å². The van der Waals surface area contributed by atoms with Crippen LogP contribution >= 0.6 is 0 Å². The number of hydrazone groups is 1. The fraction of sp³-hybridized carbons (Fsp3) is 0.0455. The highest BCUT2D eigenvalue weighted by Crippen LogP contribution is 2.31. The lowest BCUT2D eigenvalue weighted by Crippen LogP contribution is -2.05. The molecule has 3 aromatic heterocycles. The van der Waals surface area contributed by atoms with Gasteiger partial charge < -0.3 is 5.32 Å². The Hall–Kier alpha value is -4.41. The molecule has 166 valence electrons. The fourth-order valence-electron chi connectivity index (χ4n) is 2.78. The lowest BCUT2D eigenvalue weighted by atomic mass is 10.2. The van der Waals surface area contributed by atoms with Crippen molar-refractivity contribution in [3.8, 4) is 11.3 Å². The molecule has 0 unspecified atom stereocenters. The Bertz CT molecular complexity index is 1260. The van der Waals surface area contributed by atoms with Crippen LogP contribution in [-0.2, 0) is 6.18 Å². The van der Waals surface area contributed by atoms with Crippen LogP contribution in [0.5, 0.6) is 0 Å². The van der Waals surface area contributed by atoms with Crippen LogP contribution in [0, 0.1) is 5.82 Å². The number of anilines is 3. The molecule has 1 aromatic carbocycles. The van der Waals surface area contributed by atoms with Gasteiger partial charge in [0.2, 0.25) is 5.95 Å². The Morgan fingerprint density at radius 1 is 0.909 bits per heavy atom. The number of pyridine rings is 2. The van der Waals surface area contributed by atoms with Crippen molar-refractivity contribution in [3.63, 3.8) is 0 Å². The molecule has 0 radical (unpaired) electrons. The maximum Gasteiger partial charge on any atom is 0.416 e. The first kappa shape index (κ1) is 21.8. The van der Waals surface area contributed by atoms with Gasteiger partial charge in [-0.2, -0.15) is 18.3 Å². The molecule has 0 aliphatic heterocycles. The van der Waals surface area contributed by atoms with Gasteiger partial charge in [0.1, 0.15) is 5.69 Å². The van der Waals surface area contributed by atoms with Crippen molar-refractivity contribution in [1.82, 2.24) is 19.9 Å². The molecule has 33 heavy (non-hydrogen) atoms. The normalized spacial score (nSPS) is 11.5. The Morgan fingerprint density at radius 3 is 2.52 bits per heavy atom. The first-order valence-corrected chi connectivity index (χ1v) is 9.51. The predicted octanol–water partition coefficient (Wildman–Crippen LogP) is 5.28. The molecular weight excluding hydrogens is 438 g/mol. The molecule has 0 bridgehead atoms. The van der Waals surface area contributed by atoms with Crippen LogP contribution in [-0.4, -0.2) is 26.2 Å². The van der Waals surface area contributed by atoms with Crippen LogP contribution in [0.1, 0.15) is 11.3 Å². The smallest absolute Gasteiger partial charge is 0.354 e. The first-order valence-electron chi connectivity index (χ1n) is 9.51. The standard InChI is InChI=1S/C22H15F4N7/c23-19-13-29-21(32-20(19)14-3-2-8-27-10-14)33-30-12-17-6-7-18(11-28-17)31-16-5-1-4-15(9-16)22(24,25)26/h1-13,31H,(H,29,32,33)/b30-12+. The molecule has 2 N–H and O–H groups in total. The fourth-order valence-corrected chi connectivity index (χ4v) is 2.78. The van der Waals surface area contributed by atoms with Crippen molar-refractivity contribution in [2.24, 2.45) is 5.10 Å². The topological polar surface area (TPSA) is 88.0 Å². The average Bonchev–Trinajstić information content (AvgIpc) is 2.81. The lowest BCUT2D eigenvalue weighted by Gasteiger charge is -2.10. The molecule has 0 saturated carbocycles. The summed E-state index contributed by atoms with van der Waals surface area (Å²) in [6, 6.07) is 11.5. The number of hydrogen-bond acceptors (Lipinski definition) is 7. The third-order valence-electron chi connectivity index (χ3n) is 4.31. The second kappa shape index (κ2) is 9.39. The number of halogens is 4. The van der Waals surface area contributed by atoms with E-state index in [1.807, 2.05) is 0 Å². The molecule has 4 rings (SSSR count). The van der Waals surface area contributed by atoms with Gasteiger partial charge in [-0.3, -0.25) is 9.97 Å². The van der Waals surface area contributed by atoms with E-state index in [0.717, 1.165) is 18.3 Å². The predicted molar refractivity (Wildman–Crippen MR) is 115 cm³/mol. The summed E-state index contributed by atoms with van der Waals surface area (Å²) in [5.74, 6) is -0.516. The largest absolute Gasteiger partial charge is 0.416 e. The number of nitrogens with one attached hydrogen (secondary N) is 2. The Morgan fingerprint density at radius 2 is 1.79 bits per heavy atom. The van der Waals surface area contributed by atoms with Crippen molar-refractivity contribution >= 4 is 23.5 Å². The second-order valence-corrected chi connectivity index (χ2v) is 6.68. The van der Waals surface area contributed by atoms with Gasteiger partial charge in [-0.15, -0.1) is 0 Å². The molecule has 0 amide bonds. The summed E-state index contributed by atoms with van der Waals surface area (Å²) in [6.07, 6.45) is 2.51. The second-order valence-electron chi connectivity index (χ2n) is 6.68. The summed E-state index contributed by atoms with van der Waals surface area (Å²) in [4.78, 5) is 16.1. The molecule has 0 atom stereocenters. The van der Waals surface area contributed by atoms with Crippen LogP contribution in [0.4, 0.5) is 34.9 Å². The van der Waals surface area contributed by atoms with Crippen molar-refractivity contribution < 1.29 is 17.6 Å². The zero-order valence-corrected chi connectivity index (χ0v) is 16.8. The Balaban J connectivity index is 1.40. The van der Waals surface area contributed by atoms with Gasteiger partial charge in [-0.1, -0.05) is 6.07 Å². The number of rotatable bonds is 6. The summed E-state index contributed by atoms with van der Waals surface area (Å²) < 4.78 is 52.5. The molecule has 0 saturated heterocycles. The van der Waals surface area contributed by atoms with Crippen LogP contribution in [0.3, 0.4) is 0 Å². The molecule has 11 heteroatoms. The number of aromatic nitrogens is 4. The van der Waals surface area contributed by atoms with Gasteiger partial charge in [-0.25, -0.2) is 19.8 Å². The molecule has 3 heterocycles. The molecule has 7 nitrogen and oxygen atoms in total. The van der Waals surface area contributed by atoms with E-state index >= 15 is 0 Å². The molecule has 4 aromatic rings. The number of alkyl halides is 3. The first-order chi connectivity index (χ1) is 15.9. The number of nitrogens with zero attached hydrogens (tertiary/aromatic N) is 5. The molecule has 0 aliphatic rings. The Labute approximate surface area is 185 Å². The molecule has 0 spiro atoms. The minimum Gasteiger partial charge on any atom is -0.354 e. The van der Waals surface area contributed by atoms with E-state index in [-0.39, 0.29) is 17.3 Å². The van der Waals surface area contributed by atoms with Crippen LogP contribution in [0.15, 0.2) is 78.4 Å². The quantitative estimate of drug-likeness (QED) is 0.235. The SMILES string of the molecule is Fc1cnc(N/N=C/c2ccc(Nc3cccc(C(F)(F)F)c3)cn2)nc1-c1cccnc1. The average molecular weight is 453 g/mol. The van der Waals surface area contributed by atoms with Crippen LogP contribution < -0.4 is 10.7 Å². The molecule has 0 aliphatic carbocycles. The van der Waals surface area contributed by atoms with E-state index in [4.69, 9.17) is 0 Å². The van der Waals surface area contributed by atoms with Gasteiger partial charge in [0, 0.05) is 23.6 Å². The van der Waals surface area contributed by atoms with Gasteiger partial charge in [0.15, 0.2) is 5.82 Å². The van der Waals surface area contributed by atoms with Crippen molar-refractivity contribution in [2.75, 3.05) is 10.7 Å². The minimum atomic E-state index is -4.42. The lowest BCUT2D eigenvalue weighted by molar-refractivity contribution is -0.137. The maximum atomic E-state index is 14.0. The van der Waals surface area contributed by atoms with Gasteiger partial charge in [0.25, 0.3) is 0 Å². The van der Waals surface area contributed by atoms with Crippen molar-refractivity contribution in [1.29, 1.82) is 0 Å². The Kier molecular flexibility index (Phi) is 6.20. The highest BCUT2D eigenvalue weighted by molar-refractivity contribution is 5.78. The zero-order chi connectivity index (χ0) is 23.3. The highest BCUT2D eigenvalue weighted by atomic mass is 19.4. The molecule has 0 fully saturated rings. The highest BCUT2D eigenvalue weighted by Gasteiger charge is 2.30. The summed E-state index contributed by atoms with van der Waals surface area (Å²) in [5, 5.41) is 6.85. The van der Waals surface area contributed by atoms with E-state index in [1.54, 1.807) is 30.5 Å². The van der Waals surface area contributed by atoms with Gasteiger partial charge >= 0.3 is 6.18 Å². The minimum absolute atomic E-state index is 0.0781. The third kappa shape index (κ3) is 5.64. The number of hydrogen-bond donors (Lipinski definition) is 2. The van der Waals surface area contributed by atoms with E-state index in [0.29, 0.717) is 16.9 Å². The van der Waals surface area contributed by atoms with Crippen molar-refractivity contribution in [3.05, 3.63) is 90.4 Å². The van der Waals surface area contributed by atoms with Crippen LogP contribution in [0.2, 0.25) is 0 Å². The van der Waals surface area contributed by atoms with Crippen LogP contribution in [0.25, 0.3) is 11.3 Å². The summed E-state index contributed by atoms with van der Waals surface area (Å²) in [5.41, 5.74) is 3.69. The summed E-state index contributed by atoms with van der Waals surface area (Å²) in [7, 11) is 0.